The van der Waals surface area contributed by atoms with Crippen molar-refractivity contribution in [2.45, 2.75) is 44.4 Å². The van der Waals surface area contributed by atoms with Crippen LogP contribution in [0.5, 0.6) is 0 Å². The van der Waals surface area contributed by atoms with Crippen LogP contribution in [0.15, 0.2) is 29.0 Å². The summed E-state index contributed by atoms with van der Waals surface area (Å²) >= 11 is 0. The van der Waals surface area contributed by atoms with Crippen molar-refractivity contribution in [3.63, 3.8) is 0 Å². The van der Waals surface area contributed by atoms with E-state index in [4.69, 9.17) is 9.26 Å². The van der Waals surface area contributed by atoms with Crippen LogP contribution in [-0.2, 0) is 11.2 Å². The number of amides is 1. The molecule has 1 unspecified atom stereocenters. The van der Waals surface area contributed by atoms with Gasteiger partial charge in [-0.1, -0.05) is 5.16 Å². The van der Waals surface area contributed by atoms with Gasteiger partial charge in [0.2, 0.25) is 5.89 Å². The summed E-state index contributed by atoms with van der Waals surface area (Å²) in [5.41, 5.74) is 2.49. The molecule has 30 heavy (non-hydrogen) atoms. The van der Waals surface area contributed by atoms with Gasteiger partial charge in [-0.3, -0.25) is 4.79 Å². The highest BCUT2D eigenvalue weighted by atomic mass is 16.5. The Morgan fingerprint density at radius 2 is 2.13 bits per heavy atom. The lowest BCUT2D eigenvalue weighted by atomic mass is 9.92. The average Bonchev–Trinajstić information content (AvgIpc) is 3.47. The van der Waals surface area contributed by atoms with E-state index in [1.165, 1.54) is 0 Å². The maximum absolute atomic E-state index is 13.0. The molecule has 158 valence electrons. The molecule has 2 saturated heterocycles. The zero-order valence-corrected chi connectivity index (χ0v) is 17.0. The summed E-state index contributed by atoms with van der Waals surface area (Å²) in [7, 11) is 0. The minimum absolute atomic E-state index is 0.0950. The molecule has 3 aromatic rings. The fourth-order valence-electron chi connectivity index (χ4n) is 4.55. The summed E-state index contributed by atoms with van der Waals surface area (Å²) in [5.74, 6) is 2.42. The minimum Gasteiger partial charge on any atom is -0.381 e. The van der Waals surface area contributed by atoms with Crippen molar-refractivity contribution in [2.75, 3.05) is 26.3 Å². The van der Waals surface area contributed by atoms with Gasteiger partial charge in [0.1, 0.15) is 0 Å². The van der Waals surface area contributed by atoms with Crippen LogP contribution in [0, 0.1) is 5.92 Å². The van der Waals surface area contributed by atoms with Crippen molar-refractivity contribution in [3.8, 4) is 0 Å². The third kappa shape index (κ3) is 4.09. The molecule has 2 fully saturated rings. The summed E-state index contributed by atoms with van der Waals surface area (Å²) in [6.45, 7) is 3.13. The van der Waals surface area contributed by atoms with E-state index in [2.05, 4.69) is 20.1 Å². The van der Waals surface area contributed by atoms with Crippen LogP contribution in [-0.4, -0.2) is 57.2 Å². The number of aromatic amines is 1. The number of piperidine rings is 1. The minimum atomic E-state index is 0.0950. The first kappa shape index (κ1) is 19.2. The van der Waals surface area contributed by atoms with Crippen LogP contribution in [0.4, 0.5) is 0 Å². The Kier molecular flexibility index (Phi) is 5.48. The molecule has 8 nitrogen and oxygen atoms in total. The van der Waals surface area contributed by atoms with Crippen LogP contribution in [0.3, 0.4) is 0 Å². The van der Waals surface area contributed by atoms with Crippen LogP contribution in [0.2, 0.25) is 0 Å². The molecule has 0 spiro atoms. The molecule has 0 aliphatic carbocycles. The molecule has 4 heterocycles. The number of H-pyrrole nitrogens is 1. The number of imidazole rings is 1. The van der Waals surface area contributed by atoms with Gasteiger partial charge in [-0.15, -0.1) is 0 Å². The number of nitrogens with zero attached hydrogens (tertiary/aromatic N) is 4. The lowest BCUT2D eigenvalue weighted by Crippen LogP contribution is -2.40. The van der Waals surface area contributed by atoms with E-state index in [0.29, 0.717) is 17.4 Å². The maximum Gasteiger partial charge on any atom is 0.253 e. The number of benzene rings is 1. The number of carbonyl (C=O) groups excluding carboxylic acids is 1. The Hall–Kier alpha value is -2.74. The third-order valence-corrected chi connectivity index (χ3v) is 6.30. The molecule has 5 rings (SSSR count). The molecule has 2 aliphatic heterocycles. The number of ether oxygens (including phenoxy) is 1. The number of rotatable bonds is 5. The van der Waals surface area contributed by atoms with Gasteiger partial charge in [0.05, 0.1) is 17.4 Å². The number of likely N-dealkylation sites (tertiary alicyclic amines) is 1. The highest BCUT2D eigenvalue weighted by Crippen LogP contribution is 2.27. The molecule has 1 amide bonds. The molecule has 0 saturated carbocycles. The monoisotopic (exact) mass is 409 g/mol. The van der Waals surface area contributed by atoms with Crippen molar-refractivity contribution >= 4 is 16.9 Å². The number of fused-ring (bicyclic) bond motifs is 1. The highest BCUT2D eigenvalue weighted by Gasteiger charge is 2.26. The summed E-state index contributed by atoms with van der Waals surface area (Å²) in [6.07, 6.45) is 7.48. The number of aryl methyl sites for hydroxylation is 1. The first-order valence-corrected chi connectivity index (χ1v) is 10.9. The normalized spacial score (nSPS) is 20.7. The quantitative estimate of drug-likeness (QED) is 0.694. The van der Waals surface area contributed by atoms with Crippen molar-refractivity contribution in [1.29, 1.82) is 0 Å². The Morgan fingerprint density at radius 3 is 3.03 bits per heavy atom. The summed E-state index contributed by atoms with van der Waals surface area (Å²) < 4.78 is 10.9. The standard InChI is InChI=1S/C22H27N5O3/c28-22(17-4-5-18-19(12-17)24-14-23-18)27-9-1-2-15(13-27)3-6-20-25-21(30-26-20)16-7-10-29-11-8-16/h4-5,12,14-16H,1-3,6-11,13H2,(H,23,24). The molecular weight excluding hydrogens is 382 g/mol. The van der Waals surface area contributed by atoms with Crippen molar-refractivity contribution in [2.24, 2.45) is 5.92 Å². The third-order valence-electron chi connectivity index (χ3n) is 6.30. The lowest BCUT2D eigenvalue weighted by molar-refractivity contribution is 0.0668. The molecule has 0 bridgehead atoms. The zero-order valence-electron chi connectivity index (χ0n) is 17.0. The van der Waals surface area contributed by atoms with E-state index in [9.17, 15) is 4.79 Å². The molecule has 2 aliphatic rings. The second-order valence-electron chi connectivity index (χ2n) is 8.37. The molecule has 0 radical (unpaired) electrons. The van der Waals surface area contributed by atoms with E-state index in [1.54, 1.807) is 6.33 Å². The number of hydrogen-bond donors (Lipinski definition) is 1. The molecule has 1 atom stereocenters. The smallest absolute Gasteiger partial charge is 0.253 e. The van der Waals surface area contributed by atoms with E-state index in [0.717, 1.165) is 87.6 Å². The van der Waals surface area contributed by atoms with Crippen LogP contribution in [0.1, 0.15) is 60.1 Å². The summed E-state index contributed by atoms with van der Waals surface area (Å²) in [6, 6.07) is 5.66. The van der Waals surface area contributed by atoms with Crippen molar-refractivity contribution in [3.05, 3.63) is 41.8 Å². The van der Waals surface area contributed by atoms with Crippen molar-refractivity contribution < 1.29 is 14.1 Å². The second-order valence-corrected chi connectivity index (χ2v) is 8.37. The largest absolute Gasteiger partial charge is 0.381 e. The summed E-state index contributed by atoms with van der Waals surface area (Å²) in [4.78, 5) is 26.9. The first-order valence-electron chi connectivity index (χ1n) is 10.9. The van der Waals surface area contributed by atoms with Crippen molar-refractivity contribution in [1.82, 2.24) is 25.0 Å². The Morgan fingerprint density at radius 1 is 1.23 bits per heavy atom. The fraction of sp³-hybridized carbons (Fsp3) is 0.545. The molecule has 8 heteroatoms. The number of hydrogen-bond acceptors (Lipinski definition) is 6. The number of nitrogens with one attached hydrogen (secondary N) is 1. The van der Waals surface area contributed by atoms with Gasteiger partial charge in [-0.25, -0.2) is 4.98 Å². The predicted octanol–water partition coefficient (Wildman–Crippen LogP) is 3.32. The fourth-order valence-corrected chi connectivity index (χ4v) is 4.55. The van der Waals surface area contributed by atoms with Gasteiger partial charge in [-0.05, 0) is 56.2 Å². The average molecular weight is 409 g/mol. The Balaban J connectivity index is 1.17. The van der Waals surface area contributed by atoms with Crippen LogP contribution >= 0.6 is 0 Å². The molecular formula is C22H27N5O3. The highest BCUT2D eigenvalue weighted by molar-refractivity contribution is 5.97. The van der Waals surface area contributed by atoms with Gasteiger partial charge in [0, 0.05) is 44.2 Å². The first-order chi connectivity index (χ1) is 14.8. The van der Waals surface area contributed by atoms with Gasteiger partial charge >= 0.3 is 0 Å². The van der Waals surface area contributed by atoms with Crippen LogP contribution in [0.25, 0.3) is 11.0 Å². The van der Waals surface area contributed by atoms with Crippen LogP contribution < -0.4 is 0 Å². The number of aromatic nitrogens is 4. The molecule has 1 N–H and O–H groups in total. The zero-order chi connectivity index (χ0) is 20.3. The van der Waals surface area contributed by atoms with Gasteiger partial charge in [0.25, 0.3) is 5.91 Å². The van der Waals surface area contributed by atoms with Gasteiger partial charge in [-0.2, -0.15) is 4.98 Å². The lowest BCUT2D eigenvalue weighted by Gasteiger charge is -2.32. The second kappa shape index (κ2) is 8.55. The molecule has 1 aromatic carbocycles. The van der Waals surface area contributed by atoms with E-state index in [-0.39, 0.29) is 5.91 Å². The SMILES string of the molecule is O=C(c1ccc2nc[nH]c2c1)N1CCCC(CCc2noc(C3CCOCC3)n2)C1. The number of carbonyl (C=O) groups is 1. The van der Waals surface area contributed by atoms with Gasteiger partial charge < -0.3 is 19.1 Å². The Labute approximate surface area is 175 Å². The maximum atomic E-state index is 13.0. The van der Waals surface area contributed by atoms with E-state index in [1.807, 2.05) is 23.1 Å². The predicted molar refractivity (Wildman–Crippen MR) is 110 cm³/mol. The van der Waals surface area contributed by atoms with E-state index < -0.39 is 0 Å². The van der Waals surface area contributed by atoms with Gasteiger partial charge in [0.15, 0.2) is 5.82 Å². The molecule has 2 aromatic heterocycles. The summed E-state index contributed by atoms with van der Waals surface area (Å²) in [5, 5.41) is 4.18. The Bertz CT molecular complexity index is 1010. The topological polar surface area (TPSA) is 97.1 Å². The van der Waals surface area contributed by atoms with E-state index >= 15 is 0 Å².